The minimum Gasteiger partial charge on any atom is -0.486 e. The van der Waals surface area contributed by atoms with Crippen LogP contribution in [0.25, 0.3) is 0 Å². The van der Waals surface area contributed by atoms with Crippen LogP contribution < -0.4 is 14.8 Å². The van der Waals surface area contributed by atoms with Crippen LogP contribution in [0, 0.1) is 0 Å². The van der Waals surface area contributed by atoms with E-state index in [-0.39, 0.29) is 0 Å². The number of ether oxygens (including phenoxy) is 2. The summed E-state index contributed by atoms with van der Waals surface area (Å²) >= 11 is 7.09. The molecule has 0 bridgehead atoms. The standard InChI is InChI=1S/C15H16Br2N2O2/c1-18-8-10-6-12(16)14(13(17)7-10)21-9-11-4-3-5-19-15(11)20-2/h3-7,18H,8-9H2,1-2H3. The van der Waals surface area contributed by atoms with E-state index < -0.39 is 0 Å². The van der Waals surface area contributed by atoms with Gasteiger partial charge >= 0.3 is 0 Å². The number of rotatable bonds is 6. The van der Waals surface area contributed by atoms with E-state index in [1.807, 2.05) is 31.3 Å². The van der Waals surface area contributed by atoms with Crippen LogP contribution in [0.1, 0.15) is 11.1 Å². The van der Waals surface area contributed by atoms with Gasteiger partial charge in [-0.2, -0.15) is 0 Å². The van der Waals surface area contributed by atoms with Gasteiger partial charge in [-0.05, 0) is 68.7 Å². The van der Waals surface area contributed by atoms with E-state index in [1.54, 1.807) is 13.3 Å². The van der Waals surface area contributed by atoms with Crippen molar-refractivity contribution in [1.29, 1.82) is 0 Å². The normalized spacial score (nSPS) is 10.5. The number of nitrogens with one attached hydrogen (secondary N) is 1. The number of nitrogens with zero attached hydrogens (tertiary/aromatic N) is 1. The summed E-state index contributed by atoms with van der Waals surface area (Å²) in [5.41, 5.74) is 2.07. The molecule has 0 radical (unpaired) electrons. The highest BCUT2D eigenvalue weighted by Crippen LogP contribution is 2.35. The first kappa shape index (κ1) is 16.3. The Kier molecular flexibility index (Phi) is 6.02. The van der Waals surface area contributed by atoms with Gasteiger partial charge in [-0.3, -0.25) is 0 Å². The summed E-state index contributed by atoms with van der Waals surface area (Å²) in [7, 11) is 3.52. The van der Waals surface area contributed by atoms with Crippen molar-refractivity contribution >= 4 is 31.9 Å². The molecule has 0 spiro atoms. The molecule has 4 nitrogen and oxygen atoms in total. The molecule has 1 aromatic heterocycles. The molecule has 21 heavy (non-hydrogen) atoms. The summed E-state index contributed by atoms with van der Waals surface area (Å²) < 4.78 is 12.9. The minimum absolute atomic E-state index is 0.388. The molecule has 1 aromatic carbocycles. The van der Waals surface area contributed by atoms with E-state index >= 15 is 0 Å². The number of pyridine rings is 1. The van der Waals surface area contributed by atoms with Gasteiger partial charge in [0, 0.05) is 12.7 Å². The molecule has 0 atom stereocenters. The van der Waals surface area contributed by atoms with Gasteiger partial charge in [0.15, 0.2) is 0 Å². The predicted octanol–water partition coefficient (Wildman–Crippen LogP) is 3.91. The molecule has 2 aromatic rings. The van der Waals surface area contributed by atoms with Crippen LogP contribution in [-0.2, 0) is 13.2 Å². The van der Waals surface area contributed by atoms with Crippen molar-refractivity contribution in [3.8, 4) is 11.6 Å². The zero-order valence-corrected chi connectivity index (χ0v) is 15.0. The van der Waals surface area contributed by atoms with Crippen molar-refractivity contribution in [3.63, 3.8) is 0 Å². The van der Waals surface area contributed by atoms with Crippen molar-refractivity contribution < 1.29 is 9.47 Å². The largest absolute Gasteiger partial charge is 0.486 e. The van der Waals surface area contributed by atoms with Gasteiger partial charge in [0.05, 0.1) is 21.6 Å². The summed E-state index contributed by atoms with van der Waals surface area (Å²) in [5, 5.41) is 3.12. The van der Waals surface area contributed by atoms with Crippen molar-refractivity contribution in [3.05, 3.63) is 50.5 Å². The molecule has 0 unspecified atom stereocenters. The number of halogens is 2. The maximum absolute atomic E-state index is 5.90. The highest BCUT2D eigenvalue weighted by molar-refractivity contribution is 9.11. The van der Waals surface area contributed by atoms with Crippen LogP contribution in [0.4, 0.5) is 0 Å². The molecule has 0 saturated heterocycles. The van der Waals surface area contributed by atoms with Crippen LogP contribution in [0.2, 0.25) is 0 Å². The SMILES string of the molecule is CNCc1cc(Br)c(OCc2cccnc2OC)c(Br)c1. The van der Waals surface area contributed by atoms with Crippen molar-refractivity contribution in [2.24, 2.45) is 0 Å². The van der Waals surface area contributed by atoms with Crippen molar-refractivity contribution in [2.45, 2.75) is 13.2 Å². The monoisotopic (exact) mass is 414 g/mol. The molecular weight excluding hydrogens is 400 g/mol. The van der Waals surface area contributed by atoms with Crippen LogP contribution in [0.5, 0.6) is 11.6 Å². The maximum Gasteiger partial charge on any atom is 0.219 e. The number of aromatic nitrogens is 1. The summed E-state index contributed by atoms with van der Waals surface area (Å²) in [4.78, 5) is 4.16. The Hall–Kier alpha value is -1.11. The van der Waals surface area contributed by atoms with E-state index in [4.69, 9.17) is 9.47 Å². The molecule has 0 aliphatic carbocycles. The third-order valence-electron chi connectivity index (χ3n) is 2.85. The Morgan fingerprint density at radius 1 is 1.24 bits per heavy atom. The van der Waals surface area contributed by atoms with Gasteiger partial charge in [0.2, 0.25) is 5.88 Å². The molecule has 1 heterocycles. The Bertz CT molecular complexity index is 597. The lowest BCUT2D eigenvalue weighted by Crippen LogP contribution is -2.06. The minimum atomic E-state index is 0.388. The number of methoxy groups -OCH3 is 1. The van der Waals surface area contributed by atoms with Crippen LogP contribution in [-0.4, -0.2) is 19.1 Å². The van der Waals surface area contributed by atoms with Crippen molar-refractivity contribution in [2.75, 3.05) is 14.2 Å². The first-order valence-electron chi connectivity index (χ1n) is 6.39. The third-order valence-corrected chi connectivity index (χ3v) is 4.03. The van der Waals surface area contributed by atoms with Gasteiger partial charge < -0.3 is 14.8 Å². The van der Waals surface area contributed by atoms with E-state index in [0.29, 0.717) is 12.5 Å². The quantitative estimate of drug-likeness (QED) is 0.776. The summed E-state index contributed by atoms with van der Waals surface area (Å²) in [6.45, 7) is 1.19. The lowest BCUT2D eigenvalue weighted by molar-refractivity contribution is 0.290. The van der Waals surface area contributed by atoms with Gasteiger partial charge in [0.25, 0.3) is 0 Å². The smallest absolute Gasteiger partial charge is 0.219 e. The average Bonchev–Trinajstić information content (AvgIpc) is 2.47. The van der Waals surface area contributed by atoms with E-state index in [2.05, 4.69) is 42.2 Å². The molecule has 0 fully saturated rings. The molecule has 0 aliphatic heterocycles. The zero-order valence-electron chi connectivity index (χ0n) is 11.8. The van der Waals surface area contributed by atoms with Gasteiger partial charge in [-0.15, -0.1) is 0 Å². The Morgan fingerprint density at radius 3 is 2.57 bits per heavy atom. The fourth-order valence-electron chi connectivity index (χ4n) is 1.92. The molecule has 0 saturated carbocycles. The third kappa shape index (κ3) is 4.18. The first-order valence-corrected chi connectivity index (χ1v) is 7.97. The molecule has 6 heteroatoms. The fraction of sp³-hybridized carbons (Fsp3) is 0.267. The molecule has 112 valence electrons. The first-order chi connectivity index (χ1) is 10.2. The van der Waals surface area contributed by atoms with Gasteiger partial charge in [0.1, 0.15) is 12.4 Å². The molecule has 1 N–H and O–H groups in total. The molecule has 0 amide bonds. The van der Waals surface area contributed by atoms with Gasteiger partial charge in [-0.1, -0.05) is 0 Å². The second-order valence-corrected chi connectivity index (χ2v) is 6.09. The second kappa shape index (κ2) is 7.77. The average molecular weight is 416 g/mol. The number of hydrogen-bond donors (Lipinski definition) is 1. The Balaban J connectivity index is 2.16. The summed E-state index contributed by atoms with van der Waals surface area (Å²) in [6.07, 6.45) is 1.70. The lowest BCUT2D eigenvalue weighted by Gasteiger charge is -2.13. The van der Waals surface area contributed by atoms with Crippen LogP contribution in [0.15, 0.2) is 39.4 Å². The topological polar surface area (TPSA) is 43.4 Å². The summed E-state index contributed by atoms with van der Waals surface area (Å²) in [6, 6.07) is 7.87. The van der Waals surface area contributed by atoms with Crippen LogP contribution in [0.3, 0.4) is 0 Å². The molecular formula is C15H16Br2N2O2. The highest BCUT2D eigenvalue weighted by atomic mass is 79.9. The highest BCUT2D eigenvalue weighted by Gasteiger charge is 2.11. The van der Waals surface area contributed by atoms with E-state index in [0.717, 1.165) is 26.8 Å². The van der Waals surface area contributed by atoms with Crippen molar-refractivity contribution in [1.82, 2.24) is 10.3 Å². The van der Waals surface area contributed by atoms with Gasteiger partial charge in [-0.25, -0.2) is 4.98 Å². The maximum atomic E-state index is 5.90. The number of hydrogen-bond acceptors (Lipinski definition) is 4. The second-order valence-electron chi connectivity index (χ2n) is 4.38. The predicted molar refractivity (Wildman–Crippen MR) is 89.7 cm³/mol. The molecule has 0 aliphatic rings. The fourth-order valence-corrected chi connectivity index (χ4v) is 3.43. The Labute approximate surface area is 141 Å². The zero-order chi connectivity index (χ0) is 15.2. The lowest BCUT2D eigenvalue weighted by atomic mass is 10.2. The van der Waals surface area contributed by atoms with E-state index in [1.165, 1.54) is 5.56 Å². The Morgan fingerprint density at radius 2 is 1.95 bits per heavy atom. The van der Waals surface area contributed by atoms with Crippen LogP contribution >= 0.6 is 31.9 Å². The van der Waals surface area contributed by atoms with E-state index in [9.17, 15) is 0 Å². The molecule has 2 rings (SSSR count). The summed E-state index contributed by atoms with van der Waals surface area (Å²) in [5.74, 6) is 1.34. The number of benzene rings is 1.